The van der Waals surface area contributed by atoms with Crippen molar-refractivity contribution in [3.63, 3.8) is 0 Å². The maximum absolute atomic E-state index is 13.0. The van der Waals surface area contributed by atoms with Crippen molar-refractivity contribution in [2.45, 2.75) is 43.8 Å². The van der Waals surface area contributed by atoms with Crippen LogP contribution < -0.4 is 16.0 Å². The van der Waals surface area contributed by atoms with Crippen LogP contribution in [0.2, 0.25) is 5.15 Å². The zero-order valence-corrected chi connectivity index (χ0v) is 20.3. The molecule has 1 aromatic carbocycles. The van der Waals surface area contributed by atoms with E-state index < -0.39 is 0 Å². The number of carbonyl (C=O) groups is 1. The van der Waals surface area contributed by atoms with Gasteiger partial charge in [-0.05, 0) is 68.1 Å². The fourth-order valence-electron chi connectivity index (χ4n) is 4.96. The SMILES string of the molecule is CN[C@@H](C(=O)N[C@@H]1CCC[C@@H](Nc2cc(-c3c[nH]c4ncccc34)cc(Cl)n2)C1)c1ccccc1. The fourth-order valence-corrected chi connectivity index (χ4v) is 5.17. The van der Waals surface area contributed by atoms with Gasteiger partial charge in [-0.2, -0.15) is 0 Å². The largest absolute Gasteiger partial charge is 0.367 e. The second-order valence-electron chi connectivity index (χ2n) is 9.01. The van der Waals surface area contributed by atoms with Crippen molar-refractivity contribution in [1.82, 2.24) is 25.6 Å². The number of hydrogen-bond donors (Lipinski definition) is 4. The summed E-state index contributed by atoms with van der Waals surface area (Å²) in [7, 11) is 1.81. The van der Waals surface area contributed by atoms with Crippen LogP contribution >= 0.6 is 11.6 Å². The van der Waals surface area contributed by atoms with Crippen molar-refractivity contribution in [2.24, 2.45) is 0 Å². The predicted octanol–water partition coefficient (Wildman–Crippen LogP) is 5.08. The number of aromatic nitrogens is 3. The highest BCUT2D eigenvalue weighted by molar-refractivity contribution is 6.29. The van der Waals surface area contributed by atoms with Gasteiger partial charge in [-0.1, -0.05) is 41.9 Å². The molecule has 0 radical (unpaired) electrons. The summed E-state index contributed by atoms with van der Waals surface area (Å²) < 4.78 is 0. The number of rotatable bonds is 7. The minimum atomic E-state index is -0.368. The number of aromatic amines is 1. The third-order valence-corrected chi connectivity index (χ3v) is 6.81. The van der Waals surface area contributed by atoms with E-state index in [-0.39, 0.29) is 24.0 Å². The Hall–Kier alpha value is -3.42. The maximum Gasteiger partial charge on any atom is 0.241 e. The zero-order chi connectivity index (χ0) is 24.2. The van der Waals surface area contributed by atoms with E-state index in [9.17, 15) is 4.79 Å². The molecule has 3 heterocycles. The molecule has 1 aliphatic rings. The highest BCUT2D eigenvalue weighted by Crippen LogP contribution is 2.31. The lowest BCUT2D eigenvalue weighted by molar-refractivity contribution is -0.124. The number of nitrogens with one attached hydrogen (secondary N) is 4. The second kappa shape index (κ2) is 10.5. The summed E-state index contributed by atoms with van der Waals surface area (Å²) in [6, 6.07) is 17.6. The van der Waals surface area contributed by atoms with Gasteiger partial charge in [0.15, 0.2) is 0 Å². The summed E-state index contributed by atoms with van der Waals surface area (Å²) in [5.74, 6) is 0.737. The molecule has 3 aromatic heterocycles. The Kier molecular flexibility index (Phi) is 6.97. The molecule has 1 aliphatic carbocycles. The predicted molar refractivity (Wildman–Crippen MR) is 140 cm³/mol. The molecule has 1 fully saturated rings. The van der Waals surface area contributed by atoms with Crippen molar-refractivity contribution in [2.75, 3.05) is 12.4 Å². The number of H-pyrrole nitrogens is 1. The van der Waals surface area contributed by atoms with Crippen LogP contribution in [-0.2, 0) is 4.79 Å². The summed E-state index contributed by atoms with van der Waals surface area (Å²) in [4.78, 5) is 25.1. The van der Waals surface area contributed by atoms with Crippen LogP contribution in [0.3, 0.4) is 0 Å². The molecule has 4 aromatic rings. The first-order valence-corrected chi connectivity index (χ1v) is 12.4. The Morgan fingerprint density at radius 3 is 2.77 bits per heavy atom. The zero-order valence-electron chi connectivity index (χ0n) is 19.6. The first-order valence-electron chi connectivity index (χ1n) is 12.0. The molecule has 180 valence electrons. The Balaban J connectivity index is 1.27. The number of halogens is 1. The Morgan fingerprint density at radius 1 is 1.11 bits per heavy atom. The van der Waals surface area contributed by atoms with Gasteiger partial charge in [0.1, 0.15) is 22.7 Å². The van der Waals surface area contributed by atoms with Crippen LogP contribution in [0.5, 0.6) is 0 Å². The monoisotopic (exact) mass is 488 g/mol. The van der Waals surface area contributed by atoms with E-state index in [0.717, 1.165) is 59.2 Å². The van der Waals surface area contributed by atoms with Crippen molar-refractivity contribution in [3.05, 3.63) is 77.7 Å². The van der Waals surface area contributed by atoms with Crippen LogP contribution in [0, 0.1) is 0 Å². The lowest BCUT2D eigenvalue weighted by atomic mass is 9.90. The average molecular weight is 489 g/mol. The molecular formula is C27H29ClN6O. The van der Waals surface area contributed by atoms with Gasteiger partial charge in [-0.3, -0.25) is 4.79 Å². The highest BCUT2D eigenvalue weighted by atomic mass is 35.5. The summed E-state index contributed by atoms with van der Waals surface area (Å²) >= 11 is 6.40. The first kappa shape index (κ1) is 23.3. The maximum atomic E-state index is 13.0. The summed E-state index contributed by atoms with van der Waals surface area (Å²) in [5.41, 5.74) is 3.81. The molecule has 8 heteroatoms. The third kappa shape index (κ3) is 5.31. The van der Waals surface area contributed by atoms with Crippen molar-refractivity contribution < 1.29 is 4.79 Å². The Morgan fingerprint density at radius 2 is 1.94 bits per heavy atom. The van der Waals surface area contributed by atoms with Gasteiger partial charge in [0.05, 0.1) is 0 Å². The quantitative estimate of drug-likeness (QED) is 0.272. The number of hydrogen-bond acceptors (Lipinski definition) is 5. The van der Waals surface area contributed by atoms with E-state index in [4.69, 9.17) is 11.6 Å². The molecule has 0 spiro atoms. The minimum absolute atomic E-state index is 0.000428. The third-order valence-electron chi connectivity index (χ3n) is 6.61. The lowest BCUT2D eigenvalue weighted by Crippen LogP contribution is -2.45. The summed E-state index contributed by atoms with van der Waals surface area (Å²) in [5, 5.41) is 11.4. The molecule has 1 saturated carbocycles. The van der Waals surface area contributed by atoms with Crippen molar-refractivity contribution in [3.8, 4) is 11.1 Å². The molecule has 7 nitrogen and oxygen atoms in total. The van der Waals surface area contributed by atoms with Crippen molar-refractivity contribution in [1.29, 1.82) is 0 Å². The van der Waals surface area contributed by atoms with E-state index in [1.54, 1.807) is 6.20 Å². The number of benzene rings is 1. The van der Waals surface area contributed by atoms with E-state index in [1.165, 1.54) is 0 Å². The van der Waals surface area contributed by atoms with Gasteiger partial charge in [0, 0.05) is 35.4 Å². The molecule has 0 aliphatic heterocycles. The van der Waals surface area contributed by atoms with Gasteiger partial charge in [-0.15, -0.1) is 0 Å². The van der Waals surface area contributed by atoms with Gasteiger partial charge in [-0.25, -0.2) is 9.97 Å². The average Bonchev–Trinajstić information content (AvgIpc) is 3.29. The molecular weight excluding hydrogens is 460 g/mol. The number of nitrogens with zero attached hydrogens (tertiary/aromatic N) is 2. The van der Waals surface area contributed by atoms with Gasteiger partial charge in [0.2, 0.25) is 5.91 Å². The lowest BCUT2D eigenvalue weighted by Gasteiger charge is -2.31. The standard InChI is InChI=1S/C27H29ClN6O/c1-29-25(17-7-3-2-4-8-17)27(35)33-20-10-5-9-19(15-20)32-24-14-18(13-23(28)34-24)22-16-31-26-21(22)11-6-12-30-26/h2-4,6-8,11-14,16,19-20,25,29H,5,9-10,15H2,1H3,(H,30,31)(H,32,34)(H,33,35)/t19-,20-,25-/m1/s1. The highest BCUT2D eigenvalue weighted by Gasteiger charge is 2.27. The minimum Gasteiger partial charge on any atom is -0.367 e. The van der Waals surface area contributed by atoms with Gasteiger partial charge >= 0.3 is 0 Å². The van der Waals surface area contributed by atoms with Crippen LogP contribution in [0.4, 0.5) is 5.82 Å². The molecule has 3 atom stereocenters. The van der Waals surface area contributed by atoms with Crippen LogP contribution in [0.25, 0.3) is 22.2 Å². The number of anilines is 1. The van der Waals surface area contributed by atoms with E-state index in [2.05, 4.69) is 30.9 Å². The molecule has 4 N–H and O–H groups in total. The van der Waals surface area contributed by atoms with Crippen molar-refractivity contribution >= 4 is 34.4 Å². The number of likely N-dealkylation sites (N-methyl/N-ethyl adjacent to an activating group) is 1. The molecule has 0 bridgehead atoms. The van der Waals surface area contributed by atoms with E-state index in [0.29, 0.717) is 5.15 Å². The molecule has 1 amide bonds. The normalized spacial score (nSPS) is 18.8. The number of carbonyl (C=O) groups excluding carboxylic acids is 1. The van der Waals surface area contributed by atoms with E-state index in [1.807, 2.05) is 67.8 Å². The van der Waals surface area contributed by atoms with Crippen LogP contribution in [-0.4, -0.2) is 40.0 Å². The number of amides is 1. The molecule has 0 saturated heterocycles. The van der Waals surface area contributed by atoms with Crippen LogP contribution in [0.1, 0.15) is 37.3 Å². The summed E-state index contributed by atoms with van der Waals surface area (Å²) in [6.45, 7) is 0. The topological polar surface area (TPSA) is 94.7 Å². The first-order chi connectivity index (χ1) is 17.1. The van der Waals surface area contributed by atoms with Gasteiger partial charge in [0.25, 0.3) is 0 Å². The fraction of sp³-hybridized carbons (Fsp3) is 0.296. The summed E-state index contributed by atoms with van der Waals surface area (Å²) in [6.07, 6.45) is 7.56. The van der Waals surface area contributed by atoms with Crippen LogP contribution in [0.15, 0.2) is 67.0 Å². The molecule has 5 rings (SSSR count). The Labute approximate surface area is 209 Å². The Bertz CT molecular complexity index is 1310. The number of pyridine rings is 2. The van der Waals surface area contributed by atoms with Gasteiger partial charge < -0.3 is 20.9 Å². The molecule has 35 heavy (non-hydrogen) atoms. The second-order valence-corrected chi connectivity index (χ2v) is 9.40. The van der Waals surface area contributed by atoms with E-state index >= 15 is 0 Å². The smallest absolute Gasteiger partial charge is 0.241 e. The number of fused-ring (bicyclic) bond motifs is 1. The molecule has 0 unspecified atom stereocenters.